The number of rotatable bonds is 2. The van der Waals surface area contributed by atoms with Gasteiger partial charge in [0.2, 0.25) is 0 Å². The van der Waals surface area contributed by atoms with Gasteiger partial charge in [-0.15, -0.1) is 0 Å². The number of anilines is 1. The van der Waals surface area contributed by atoms with E-state index in [2.05, 4.69) is 23.7 Å². The van der Waals surface area contributed by atoms with Crippen molar-refractivity contribution in [2.45, 2.75) is 50.9 Å². The molecule has 1 saturated heterocycles. The van der Waals surface area contributed by atoms with Crippen molar-refractivity contribution in [3.8, 4) is 0 Å². The number of halogens is 1. The summed E-state index contributed by atoms with van der Waals surface area (Å²) in [6.07, 6.45) is 7.32. The lowest BCUT2D eigenvalue weighted by atomic mass is 9.74. The van der Waals surface area contributed by atoms with Gasteiger partial charge in [0.25, 0.3) is 0 Å². The van der Waals surface area contributed by atoms with Crippen LogP contribution >= 0.6 is 0 Å². The second kappa shape index (κ2) is 6.75. The van der Waals surface area contributed by atoms with E-state index in [0.29, 0.717) is 0 Å². The average Bonchev–Trinajstić information content (AvgIpc) is 2.87. The van der Waals surface area contributed by atoms with Gasteiger partial charge in [0, 0.05) is 24.2 Å². The zero-order valence-electron chi connectivity index (χ0n) is 15.5. The number of nitrogens with zero attached hydrogens (tertiary/aromatic N) is 1. The molecule has 1 spiro atoms. The predicted octanol–water partition coefficient (Wildman–Crippen LogP) is 4.97. The summed E-state index contributed by atoms with van der Waals surface area (Å²) in [4.78, 5) is 2.66. The second-order valence-corrected chi connectivity index (χ2v) is 8.69. The van der Waals surface area contributed by atoms with Gasteiger partial charge in [0.05, 0.1) is 0 Å². The summed E-state index contributed by atoms with van der Waals surface area (Å²) in [5.74, 6) is 1.51. The molecule has 2 fully saturated rings. The normalized spacial score (nSPS) is 29.3. The summed E-state index contributed by atoms with van der Waals surface area (Å²) >= 11 is 0. The lowest BCUT2D eigenvalue weighted by Gasteiger charge is -2.41. The monoisotopic (exact) mass is 342 g/mol. The minimum absolute atomic E-state index is 0.100. The fourth-order valence-electron chi connectivity index (χ4n) is 5.15. The number of allylic oxidation sites excluding steroid dienone is 1. The van der Waals surface area contributed by atoms with Crippen LogP contribution in [0.3, 0.4) is 0 Å². The van der Waals surface area contributed by atoms with E-state index in [1.165, 1.54) is 43.4 Å². The van der Waals surface area contributed by atoms with Crippen LogP contribution in [0.4, 0.5) is 10.1 Å². The molecule has 1 aromatic carbocycles. The summed E-state index contributed by atoms with van der Waals surface area (Å²) in [6, 6.07) is 5.25. The van der Waals surface area contributed by atoms with Gasteiger partial charge >= 0.3 is 0 Å². The zero-order valence-corrected chi connectivity index (χ0v) is 15.5. The molecule has 136 valence electrons. The number of nitrogens with one attached hydrogen (secondary N) is 1. The summed E-state index contributed by atoms with van der Waals surface area (Å²) in [5, 5.41) is 3.51. The van der Waals surface area contributed by atoms with Crippen LogP contribution in [0.15, 0.2) is 30.4 Å². The van der Waals surface area contributed by atoms with Crippen LogP contribution in [0.2, 0.25) is 0 Å². The van der Waals surface area contributed by atoms with Gasteiger partial charge in [-0.25, -0.2) is 4.39 Å². The van der Waals surface area contributed by atoms with Gasteiger partial charge in [-0.2, -0.15) is 0 Å². The maximum Gasteiger partial charge on any atom is 0.123 e. The van der Waals surface area contributed by atoms with E-state index >= 15 is 0 Å². The Balaban J connectivity index is 1.39. The quantitative estimate of drug-likeness (QED) is 0.603. The minimum atomic E-state index is -0.100. The molecular weight excluding hydrogens is 311 g/mol. The molecule has 4 rings (SSSR count). The molecule has 2 atom stereocenters. The Labute approximate surface area is 151 Å². The van der Waals surface area contributed by atoms with Crippen molar-refractivity contribution < 1.29 is 4.39 Å². The number of hydrogen-bond acceptors (Lipinski definition) is 2. The van der Waals surface area contributed by atoms with E-state index in [9.17, 15) is 4.39 Å². The van der Waals surface area contributed by atoms with Crippen molar-refractivity contribution >= 4 is 5.69 Å². The first-order valence-electron chi connectivity index (χ1n) is 9.99. The van der Waals surface area contributed by atoms with Crippen LogP contribution in [-0.2, 0) is 5.41 Å². The third-order valence-corrected chi connectivity index (χ3v) is 7.10. The highest BCUT2D eigenvalue weighted by Gasteiger charge is 2.42. The molecular formula is C22H31FN2. The minimum Gasteiger partial charge on any atom is -0.384 e. The third kappa shape index (κ3) is 3.36. The lowest BCUT2D eigenvalue weighted by Crippen LogP contribution is -2.45. The van der Waals surface area contributed by atoms with Gasteiger partial charge < -0.3 is 10.2 Å². The van der Waals surface area contributed by atoms with Crippen LogP contribution in [0, 0.1) is 17.7 Å². The fourth-order valence-corrected chi connectivity index (χ4v) is 5.15. The van der Waals surface area contributed by atoms with Gasteiger partial charge in [0.1, 0.15) is 5.82 Å². The smallest absolute Gasteiger partial charge is 0.123 e. The number of fused-ring (bicyclic) bond motifs is 2. The lowest BCUT2D eigenvalue weighted by molar-refractivity contribution is 0.128. The molecule has 1 saturated carbocycles. The fraction of sp³-hybridized carbons (Fsp3) is 0.636. The van der Waals surface area contributed by atoms with Crippen LogP contribution in [0.25, 0.3) is 0 Å². The predicted molar refractivity (Wildman–Crippen MR) is 103 cm³/mol. The van der Waals surface area contributed by atoms with Crippen molar-refractivity contribution in [2.24, 2.45) is 11.8 Å². The second-order valence-electron chi connectivity index (χ2n) is 8.69. The number of benzene rings is 1. The molecule has 3 heteroatoms. The topological polar surface area (TPSA) is 15.3 Å². The molecule has 25 heavy (non-hydrogen) atoms. The molecule has 1 aliphatic carbocycles. The third-order valence-electron chi connectivity index (χ3n) is 7.10. The Morgan fingerprint density at radius 1 is 1.24 bits per heavy atom. The molecule has 0 bridgehead atoms. The molecule has 1 N–H and O–H groups in total. The Bertz CT molecular complexity index is 645. The first-order valence-corrected chi connectivity index (χ1v) is 9.99. The van der Waals surface area contributed by atoms with E-state index < -0.39 is 0 Å². The molecule has 2 nitrogen and oxygen atoms in total. The number of hydrogen-bond donors (Lipinski definition) is 1. The highest BCUT2D eigenvalue weighted by molar-refractivity contribution is 5.60. The van der Waals surface area contributed by atoms with Crippen molar-refractivity contribution in [3.63, 3.8) is 0 Å². The molecule has 0 aromatic heterocycles. The Hall–Kier alpha value is -1.35. The highest BCUT2D eigenvalue weighted by atomic mass is 19.1. The van der Waals surface area contributed by atoms with E-state index in [1.54, 1.807) is 12.1 Å². The van der Waals surface area contributed by atoms with E-state index in [-0.39, 0.29) is 11.2 Å². The molecule has 3 aliphatic rings. The van der Waals surface area contributed by atoms with Crippen molar-refractivity contribution in [3.05, 3.63) is 41.7 Å². The van der Waals surface area contributed by atoms with Gasteiger partial charge in [0.15, 0.2) is 0 Å². The Morgan fingerprint density at radius 2 is 2.00 bits per heavy atom. The number of piperidine rings is 1. The van der Waals surface area contributed by atoms with Gasteiger partial charge in [-0.3, -0.25) is 0 Å². The average molecular weight is 343 g/mol. The van der Waals surface area contributed by atoms with Crippen molar-refractivity contribution in [2.75, 3.05) is 31.5 Å². The highest BCUT2D eigenvalue weighted by Crippen LogP contribution is 2.44. The van der Waals surface area contributed by atoms with Crippen molar-refractivity contribution in [1.82, 2.24) is 4.90 Å². The number of likely N-dealkylation sites (tertiary alicyclic amines) is 1. The summed E-state index contributed by atoms with van der Waals surface area (Å²) in [7, 11) is 0. The van der Waals surface area contributed by atoms with E-state index in [4.69, 9.17) is 0 Å². The maximum atomic E-state index is 13.8. The summed E-state index contributed by atoms with van der Waals surface area (Å²) < 4.78 is 13.8. The van der Waals surface area contributed by atoms with Gasteiger partial charge in [-0.1, -0.05) is 19.1 Å². The standard InChI is InChI=1S/C22H31FN2/c1-16-3-5-17(2)18(6-4-16)14-25-11-9-22(10-12-25)15-24-21-8-7-19(23)13-20(21)22/h7-8,13,17-18,24H,1,3-6,9-12,14-15H2,2H3. The zero-order chi connectivity index (χ0) is 17.4. The first-order chi connectivity index (χ1) is 12.1. The van der Waals surface area contributed by atoms with Crippen LogP contribution < -0.4 is 5.32 Å². The first kappa shape index (κ1) is 17.1. The SMILES string of the molecule is C=C1CCC(C)C(CN2CCC3(CC2)CNc2ccc(F)cc23)CC1. The Morgan fingerprint density at radius 3 is 2.80 bits per heavy atom. The molecule has 0 amide bonds. The molecule has 0 radical (unpaired) electrons. The van der Waals surface area contributed by atoms with E-state index in [0.717, 1.165) is 50.0 Å². The molecule has 2 aliphatic heterocycles. The molecule has 2 heterocycles. The summed E-state index contributed by atoms with van der Waals surface area (Å²) in [6.45, 7) is 11.1. The largest absolute Gasteiger partial charge is 0.384 e. The van der Waals surface area contributed by atoms with E-state index in [1.807, 2.05) is 6.07 Å². The Kier molecular flexibility index (Phi) is 4.61. The van der Waals surface area contributed by atoms with Crippen LogP contribution in [0.1, 0.15) is 51.0 Å². The maximum absolute atomic E-state index is 13.8. The van der Waals surface area contributed by atoms with Gasteiger partial charge in [-0.05, 0) is 87.2 Å². The molecule has 1 aromatic rings. The van der Waals surface area contributed by atoms with Crippen molar-refractivity contribution in [1.29, 1.82) is 0 Å². The molecule has 2 unspecified atom stereocenters. The van der Waals surface area contributed by atoms with Crippen LogP contribution in [-0.4, -0.2) is 31.1 Å². The van der Waals surface area contributed by atoms with Crippen LogP contribution in [0.5, 0.6) is 0 Å². The summed E-state index contributed by atoms with van der Waals surface area (Å²) in [5.41, 5.74) is 3.96.